The van der Waals surface area contributed by atoms with Crippen LogP contribution in [0.1, 0.15) is 0 Å². The highest BCUT2D eigenvalue weighted by atomic mass is 16.3. The van der Waals surface area contributed by atoms with Crippen molar-refractivity contribution in [3.8, 4) is 11.1 Å². The van der Waals surface area contributed by atoms with Crippen molar-refractivity contribution in [2.75, 3.05) is 5.32 Å². The molecule has 0 bridgehead atoms. The molecule has 0 saturated heterocycles. The van der Waals surface area contributed by atoms with Gasteiger partial charge in [0.1, 0.15) is 11.2 Å². The van der Waals surface area contributed by atoms with E-state index in [-0.39, 0.29) is 0 Å². The fraction of sp³-hybridized carbons (Fsp3) is 0. The number of nitrogens with one attached hydrogen (secondary N) is 1. The monoisotopic (exact) mass is 385 g/mol. The highest BCUT2D eigenvalue weighted by Gasteiger charge is 2.11. The molecule has 0 aliphatic carbocycles. The van der Waals surface area contributed by atoms with Gasteiger partial charge >= 0.3 is 0 Å². The largest absolute Gasteiger partial charge is 0.455 e. The number of para-hydroxylation sites is 1. The van der Waals surface area contributed by atoms with Gasteiger partial charge in [0, 0.05) is 27.5 Å². The van der Waals surface area contributed by atoms with Crippen molar-refractivity contribution in [3.05, 3.63) is 109 Å². The number of hydrogen-bond acceptors (Lipinski definition) is 2. The molecule has 1 heterocycles. The maximum atomic E-state index is 6.34. The van der Waals surface area contributed by atoms with Gasteiger partial charge in [-0.2, -0.15) is 0 Å². The third kappa shape index (κ3) is 2.82. The van der Waals surface area contributed by atoms with Crippen molar-refractivity contribution in [1.82, 2.24) is 0 Å². The quantitative estimate of drug-likeness (QED) is 0.332. The molecule has 1 N–H and O–H groups in total. The zero-order valence-corrected chi connectivity index (χ0v) is 16.3. The molecule has 142 valence electrons. The van der Waals surface area contributed by atoms with Gasteiger partial charge in [-0.05, 0) is 59.0 Å². The molecule has 0 amide bonds. The van der Waals surface area contributed by atoms with Crippen LogP contribution in [0, 0.1) is 0 Å². The van der Waals surface area contributed by atoms with E-state index in [0.29, 0.717) is 0 Å². The predicted molar refractivity (Wildman–Crippen MR) is 126 cm³/mol. The van der Waals surface area contributed by atoms with Crippen molar-refractivity contribution in [1.29, 1.82) is 0 Å². The van der Waals surface area contributed by atoms with E-state index < -0.39 is 0 Å². The van der Waals surface area contributed by atoms with E-state index in [1.807, 2.05) is 18.2 Å². The lowest BCUT2D eigenvalue weighted by Crippen LogP contribution is -1.90. The molecular formula is C28H19NO. The Bertz CT molecular complexity index is 1510. The minimum Gasteiger partial charge on any atom is -0.455 e. The van der Waals surface area contributed by atoms with Crippen molar-refractivity contribution in [2.45, 2.75) is 0 Å². The molecule has 6 aromatic rings. The summed E-state index contributed by atoms with van der Waals surface area (Å²) in [4.78, 5) is 0. The summed E-state index contributed by atoms with van der Waals surface area (Å²) in [6.07, 6.45) is 0. The van der Waals surface area contributed by atoms with Crippen LogP contribution in [-0.2, 0) is 0 Å². The second-order valence-corrected chi connectivity index (χ2v) is 7.55. The van der Waals surface area contributed by atoms with E-state index in [9.17, 15) is 0 Å². The highest BCUT2D eigenvalue weighted by Crippen LogP contribution is 2.36. The Kier molecular flexibility index (Phi) is 3.82. The Labute approximate surface area is 174 Å². The van der Waals surface area contributed by atoms with Crippen LogP contribution in [0.25, 0.3) is 43.8 Å². The van der Waals surface area contributed by atoms with Gasteiger partial charge in [0.25, 0.3) is 0 Å². The van der Waals surface area contributed by atoms with Gasteiger partial charge in [-0.25, -0.2) is 0 Å². The summed E-state index contributed by atoms with van der Waals surface area (Å²) in [6, 6.07) is 37.9. The molecule has 0 spiro atoms. The molecule has 0 atom stereocenters. The second-order valence-electron chi connectivity index (χ2n) is 7.55. The maximum absolute atomic E-state index is 6.34. The molecule has 0 radical (unpaired) electrons. The lowest BCUT2D eigenvalue weighted by atomic mass is 10.0. The number of furan rings is 1. The minimum absolute atomic E-state index is 0.917. The summed E-state index contributed by atoms with van der Waals surface area (Å²) in [5.41, 5.74) is 6.31. The van der Waals surface area contributed by atoms with Gasteiger partial charge in [-0.3, -0.25) is 0 Å². The first-order valence-corrected chi connectivity index (χ1v) is 10.1. The first-order valence-electron chi connectivity index (χ1n) is 10.1. The first-order chi connectivity index (χ1) is 14.8. The van der Waals surface area contributed by atoms with Crippen LogP contribution >= 0.6 is 0 Å². The van der Waals surface area contributed by atoms with E-state index in [4.69, 9.17) is 4.42 Å². The lowest BCUT2D eigenvalue weighted by molar-refractivity contribution is 0.673. The fourth-order valence-corrected chi connectivity index (χ4v) is 4.15. The summed E-state index contributed by atoms with van der Waals surface area (Å²) in [5.74, 6) is 0. The Morgan fingerprint density at radius 1 is 0.500 bits per heavy atom. The zero-order chi connectivity index (χ0) is 19.9. The third-order valence-corrected chi connectivity index (χ3v) is 5.62. The van der Waals surface area contributed by atoms with Crippen LogP contribution in [0.5, 0.6) is 0 Å². The Hall–Kier alpha value is -4.04. The van der Waals surface area contributed by atoms with Crippen LogP contribution in [0.4, 0.5) is 11.4 Å². The van der Waals surface area contributed by atoms with Gasteiger partial charge in [0.15, 0.2) is 0 Å². The van der Waals surface area contributed by atoms with Crippen LogP contribution in [0.15, 0.2) is 114 Å². The van der Waals surface area contributed by atoms with E-state index in [1.54, 1.807) is 0 Å². The Morgan fingerprint density at radius 2 is 1.27 bits per heavy atom. The summed E-state index contributed by atoms with van der Waals surface area (Å²) >= 11 is 0. The Morgan fingerprint density at radius 3 is 2.20 bits per heavy atom. The lowest BCUT2D eigenvalue weighted by Gasteiger charge is -2.08. The van der Waals surface area contributed by atoms with E-state index >= 15 is 0 Å². The van der Waals surface area contributed by atoms with Crippen molar-refractivity contribution in [3.63, 3.8) is 0 Å². The van der Waals surface area contributed by atoms with Gasteiger partial charge in [0.05, 0.1) is 0 Å². The molecule has 1 aromatic heterocycles. The van der Waals surface area contributed by atoms with Crippen LogP contribution in [-0.4, -0.2) is 0 Å². The number of hydrogen-bond donors (Lipinski definition) is 1. The molecule has 0 aliphatic heterocycles. The van der Waals surface area contributed by atoms with E-state index in [1.165, 1.54) is 5.39 Å². The van der Waals surface area contributed by atoms with Gasteiger partial charge < -0.3 is 9.73 Å². The summed E-state index contributed by atoms with van der Waals surface area (Å²) < 4.78 is 6.34. The normalized spacial score (nSPS) is 11.3. The second kappa shape index (κ2) is 6.78. The number of rotatable bonds is 3. The van der Waals surface area contributed by atoms with Gasteiger partial charge in [-0.15, -0.1) is 0 Å². The van der Waals surface area contributed by atoms with Crippen molar-refractivity contribution < 1.29 is 4.42 Å². The van der Waals surface area contributed by atoms with Crippen LogP contribution in [0.2, 0.25) is 0 Å². The average molecular weight is 385 g/mol. The molecular weight excluding hydrogens is 366 g/mol. The molecule has 6 rings (SSSR count). The molecule has 0 saturated carbocycles. The first kappa shape index (κ1) is 16.9. The predicted octanol–water partition coefficient (Wildman–Crippen LogP) is 8.15. The minimum atomic E-state index is 0.917. The molecule has 0 aliphatic rings. The van der Waals surface area contributed by atoms with Crippen molar-refractivity contribution in [2.24, 2.45) is 0 Å². The molecule has 2 nitrogen and oxygen atoms in total. The zero-order valence-electron chi connectivity index (χ0n) is 16.3. The highest BCUT2D eigenvalue weighted by molar-refractivity contribution is 6.15. The number of anilines is 2. The van der Waals surface area contributed by atoms with E-state index in [0.717, 1.165) is 49.8 Å². The molecule has 0 fully saturated rings. The topological polar surface area (TPSA) is 25.2 Å². The van der Waals surface area contributed by atoms with Crippen LogP contribution in [0.3, 0.4) is 0 Å². The molecule has 0 unspecified atom stereocenters. The summed E-state index contributed by atoms with van der Waals surface area (Å²) in [6.45, 7) is 0. The van der Waals surface area contributed by atoms with Gasteiger partial charge in [0.2, 0.25) is 0 Å². The van der Waals surface area contributed by atoms with Gasteiger partial charge in [-0.1, -0.05) is 66.7 Å². The number of fused-ring (bicyclic) bond motifs is 5. The Balaban J connectivity index is 1.45. The maximum Gasteiger partial charge on any atom is 0.143 e. The number of benzene rings is 5. The molecule has 5 aromatic carbocycles. The van der Waals surface area contributed by atoms with E-state index in [2.05, 4.69) is 96.3 Å². The average Bonchev–Trinajstić information content (AvgIpc) is 3.18. The standard InChI is InChI=1S/C28H19NO/c1-2-9-22(10-3-1)29-23-11-6-8-20(17-23)21-14-15-25-26-16-13-19-7-4-5-12-24(19)28(26)30-27(25)18-21/h1-18,29H. The summed E-state index contributed by atoms with van der Waals surface area (Å²) in [7, 11) is 0. The van der Waals surface area contributed by atoms with Crippen molar-refractivity contribution >= 4 is 44.1 Å². The summed E-state index contributed by atoms with van der Waals surface area (Å²) in [5, 5.41) is 8.13. The third-order valence-electron chi connectivity index (χ3n) is 5.62. The molecule has 2 heteroatoms. The smallest absolute Gasteiger partial charge is 0.143 e. The molecule has 30 heavy (non-hydrogen) atoms. The SMILES string of the molecule is c1ccc(Nc2cccc(-c3ccc4c(c3)oc3c5ccccc5ccc43)c2)cc1. The van der Waals surface area contributed by atoms with Crippen LogP contribution < -0.4 is 5.32 Å². The fourth-order valence-electron chi connectivity index (χ4n) is 4.15.